The molecule has 0 unspecified atom stereocenters. The highest BCUT2D eigenvalue weighted by atomic mass is 32.2. The third-order valence-corrected chi connectivity index (χ3v) is 4.21. The molecule has 0 amide bonds. The van der Waals surface area contributed by atoms with Gasteiger partial charge in [-0.25, -0.2) is 13.4 Å². The Morgan fingerprint density at radius 2 is 1.75 bits per heavy atom. The fourth-order valence-corrected chi connectivity index (χ4v) is 2.68. The lowest BCUT2D eigenvalue weighted by Crippen LogP contribution is -2.13. The largest absolute Gasteiger partial charge is 0.506 e. The number of anilines is 1. The van der Waals surface area contributed by atoms with Crippen LogP contribution < -0.4 is 4.72 Å². The predicted octanol–water partition coefficient (Wildman–Crippen LogP) is 2.71. The van der Waals surface area contributed by atoms with Crippen molar-refractivity contribution >= 4 is 15.8 Å². The normalized spacial score (nSPS) is 11.6. The van der Waals surface area contributed by atoms with E-state index in [-0.39, 0.29) is 16.5 Å². The molecule has 2 N–H and O–H groups in total. The molecule has 106 valence electrons. The van der Waals surface area contributed by atoms with E-state index in [9.17, 15) is 8.42 Å². The SMILES string of the molecule is CC(C)c1ccc(S(=O)(=O)Nc2ccc(O)cn2)cc1. The number of nitrogens with one attached hydrogen (secondary N) is 1. The third-order valence-electron chi connectivity index (χ3n) is 2.84. The van der Waals surface area contributed by atoms with Crippen LogP contribution in [0.4, 0.5) is 5.82 Å². The zero-order valence-corrected chi connectivity index (χ0v) is 12.1. The van der Waals surface area contributed by atoms with Gasteiger partial charge in [0.1, 0.15) is 11.6 Å². The van der Waals surface area contributed by atoms with Crippen LogP contribution in [0.3, 0.4) is 0 Å². The maximum Gasteiger partial charge on any atom is 0.263 e. The molecule has 0 aliphatic carbocycles. The van der Waals surface area contributed by atoms with Crippen LogP contribution in [-0.4, -0.2) is 18.5 Å². The first kappa shape index (κ1) is 14.3. The second-order valence-electron chi connectivity index (χ2n) is 4.73. The minimum absolute atomic E-state index is 0.0192. The Morgan fingerprint density at radius 3 is 2.25 bits per heavy atom. The standard InChI is InChI=1S/C14H16N2O3S/c1-10(2)11-3-6-13(7-4-11)20(18,19)16-14-8-5-12(17)9-15-14/h3-10,17H,1-2H3,(H,15,16). The van der Waals surface area contributed by atoms with E-state index < -0.39 is 10.0 Å². The van der Waals surface area contributed by atoms with Crippen LogP contribution in [0, 0.1) is 0 Å². The average molecular weight is 292 g/mol. The van der Waals surface area contributed by atoms with Gasteiger partial charge in [0.15, 0.2) is 0 Å². The van der Waals surface area contributed by atoms with Crippen molar-refractivity contribution in [1.82, 2.24) is 4.98 Å². The van der Waals surface area contributed by atoms with Gasteiger partial charge in [-0.1, -0.05) is 26.0 Å². The van der Waals surface area contributed by atoms with Crippen LogP contribution in [0.2, 0.25) is 0 Å². The second kappa shape index (κ2) is 5.50. The zero-order valence-electron chi connectivity index (χ0n) is 11.2. The minimum Gasteiger partial charge on any atom is -0.506 e. The molecule has 0 saturated carbocycles. The molecule has 0 saturated heterocycles. The maximum absolute atomic E-state index is 12.2. The molecule has 1 aromatic heterocycles. The van der Waals surface area contributed by atoms with Gasteiger partial charge in [-0.15, -0.1) is 0 Å². The fourth-order valence-electron chi connectivity index (χ4n) is 1.67. The summed E-state index contributed by atoms with van der Waals surface area (Å²) in [6.07, 6.45) is 1.18. The number of pyridine rings is 1. The monoisotopic (exact) mass is 292 g/mol. The first-order valence-electron chi connectivity index (χ1n) is 6.16. The van der Waals surface area contributed by atoms with E-state index in [1.807, 2.05) is 13.8 Å². The van der Waals surface area contributed by atoms with Crippen LogP contribution in [0.15, 0.2) is 47.5 Å². The van der Waals surface area contributed by atoms with Crippen molar-refractivity contribution in [2.24, 2.45) is 0 Å². The summed E-state index contributed by atoms with van der Waals surface area (Å²) in [4.78, 5) is 3.97. The molecule has 20 heavy (non-hydrogen) atoms. The highest BCUT2D eigenvalue weighted by Gasteiger charge is 2.15. The molecule has 0 bridgehead atoms. The summed E-state index contributed by atoms with van der Waals surface area (Å²) in [6.45, 7) is 4.09. The van der Waals surface area contributed by atoms with Crippen molar-refractivity contribution in [3.63, 3.8) is 0 Å². The van der Waals surface area contributed by atoms with E-state index in [1.54, 1.807) is 24.3 Å². The first-order chi connectivity index (χ1) is 9.38. The van der Waals surface area contributed by atoms with E-state index in [0.717, 1.165) is 5.56 Å². The van der Waals surface area contributed by atoms with Gasteiger partial charge in [-0.2, -0.15) is 0 Å². The molecule has 1 heterocycles. The van der Waals surface area contributed by atoms with Crippen LogP contribution in [0.1, 0.15) is 25.3 Å². The highest BCUT2D eigenvalue weighted by molar-refractivity contribution is 7.92. The van der Waals surface area contributed by atoms with Crippen molar-refractivity contribution in [3.8, 4) is 5.75 Å². The molecule has 0 aliphatic heterocycles. The van der Waals surface area contributed by atoms with Gasteiger partial charge >= 0.3 is 0 Å². The van der Waals surface area contributed by atoms with Crippen molar-refractivity contribution in [2.45, 2.75) is 24.7 Å². The number of sulfonamides is 1. The number of rotatable bonds is 4. The summed E-state index contributed by atoms with van der Waals surface area (Å²) in [7, 11) is -3.66. The number of hydrogen-bond acceptors (Lipinski definition) is 4. The van der Waals surface area contributed by atoms with E-state index in [4.69, 9.17) is 5.11 Å². The van der Waals surface area contributed by atoms with Crippen molar-refractivity contribution in [2.75, 3.05) is 4.72 Å². The number of aromatic hydroxyl groups is 1. The maximum atomic E-state index is 12.2. The molecule has 0 aliphatic rings. The van der Waals surface area contributed by atoms with Crippen molar-refractivity contribution in [1.29, 1.82) is 0 Å². The second-order valence-corrected chi connectivity index (χ2v) is 6.41. The van der Waals surface area contributed by atoms with Gasteiger partial charge in [0.2, 0.25) is 0 Å². The quantitative estimate of drug-likeness (QED) is 0.908. The fraction of sp³-hybridized carbons (Fsp3) is 0.214. The Bertz CT molecular complexity index is 677. The minimum atomic E-state index is -3.66. The summed E-state index contributed by atoms with van der Waals surface area (Å²) in [5, 5.41) is 9.11. The first-order valence-corrected chi connectivity index (χ1v) is 7.64. The van der Waals surface area contributed by atoms with Crippen molar-refractivity contribution in [3.05, 3.63) is 48.2 Å². The topological polar surface area (TPSA) is 79.3 Å². The average Bonchev–Trinajstić information content (AvgIpc) is 2.41. The number of nitrogens with zero attached hydrogens (tertiary/aromatic N) is 1. The van der Waals surface area contributed by atoms with E-state index in [1.165, 1.54) is 18.3 Å². The molecule has 0 spiro atoms. The van der Waals surface area contributed by atoms with Gasteiger partial charge in [0.25, 0.3) is 10.0 Å². The Kier molecular flexibility index (Phi) is 3.94. The summed E-state index contributed by atoms with van der Waals surface area (Å²) in [6, 6.07) is 9.49. The zero-order chi connectivity index (χ0) is 14.8. The molecular formula is C14H16N2O3S. The Hall–Kier alpha value is -2.08. The summed E-state index contributed by atoms with van der Waals surface area (Å²) >= 11 is 0. The third kappa shape index (κ3) is 3.27. The molecule has 1 aromatic carbocycles. The molecule has 5 nitrogen and oxygen atoms in total. The summed E-state index contributed by atoms with van der Waals surface area (Å²) in [5.74, 6) is 0.489. The molecule has 6 heteroatoms. The Labute approximate surface area is 118 Å². The number of aromatic nitrogens is 1. The summed E-state index contributed by atoms with van der Waals surface area (Å²) < 4.78 is 26.7. The molecule has 0 fully saturated rings. The van der Waals surface area contributed by atoms with Crippen LogP contribution >= 0.6 is 0 Å². The molecule has 0 atom stereocenters. The van der Waals surface area contributed by atoms with Crippen LogP contribution in [0.5, 0.6) is 5.75 Å². The Balaban J connectivity index is 2.23. The lowest BCUT2D eigenvalue weighted by molar-refractivity contribution is 0.473. The highest BCUT2D eigenvalue weighted by Crippen LogP contribution is 2.19. The van der Waals surface area contributed by atoms with E-state index in [0.29, 0.717) is 5.92 Å². The van der Waals surface area contributed by atoms with Gasteiger partial charge in [0, 0.05) is 0 Å². The summed E-state index contributed by atoms with van der Waals surface area (Å²) in [5.41, 5.74) is 1.08. The van der Waals surface area contributed by atoms with Gasteiger partial charge in [-0.05, 0) is 35.7 Å². The molecule has 2 rings (SSSR count). The number of benzene rings is 1. The van der Waals surface area contributed by atoms with Gasteiger partial charge < -0.3 is 5.11 Å². The molecule has 0 radical (unpaired) electrons. The molecular weight excluding hydrogens is 276 g/mol. The lowest BCUT2D eigenvalue weighted by Gasteiger charge is -2.09. The predicted molar refractivity (Wildman–Crippen MR) is 77.2 cm³/mol. The Morgan fingerprint density at radius 1 is 1.10 bits per heavy atom. The van der Waals surface area contributed by atoms with Gasteiger partial charge in [0.05, 0.1) is 11.1 Å². The molecule has 2 aromatic rings. The number of hydrogen-bond donors (Lipinski definition) is 2. The van der Waals surface area contributed by atoms with Crippen molar-refractivity contribution < 1.29 is 13.5 Å². The van der Waals surface area contributed by atoms with E-state index >= 15 is 0 Å². The van der Waals surface area contributed by atoms with Crippen LogP contribution in [0.25, 0.3) is 0 Å². The smallest absolute Gasteiger partial charge is 0.263 e. The van der Waals surface area contributed by atoms with Gasteiger partial charge in [-0.3, -0.25) is 4.72 Å². The van der Waals surface area contributed by atoms with E-state index in [2.05, 4.69) is 9.71 Å². The lowest BCUT2D eigenvalue weighted by atomic mass is 10.0. The van der Waals surface area contributed by atoms with Crippen LogP contribution in [-0.2, 0) is 10.0 Å².